The number of anilines is 1. The fraction of sp³-hybridized carbons (Fsp3) is 0.364. The summed E-state index contributed by atoms with van der Waals surface area (Å²) in [5.74, 6) is -0.667. The van der Waals surface area contributed by atoms with E-state index in [4.69, 9.17) is 17.2 Å². The van der Waals surface area contributed by atoms with Crippen molar-refractivity contribution in [1.29, 1.82) is 0 Å². The van der Waals surface area contributed by atoms with Gasteiger partial charge in [-0.25, -0.2) is 4.98 Å². The molecule has 1 aromatic heterocycles. The van der Waals surface area contributed by atoms with Crippen LogP contribution in [0.1, 0.15) is 11.1 Å². The number of carbonyl (C=O) groups excluding carboxylic acids is 2. The molecule has 0 unspecified atom stereocenters. The van der Waals surface area contributed by atoms with Gasteiger partial charge in [0.1, 0.15) is 5.82 Å². The van der Waals surface area contributed by atoms with Crippen molar-refractivity contribution in [3.8, 4) is 0 Å². The van der Waals surface area contributed by atoms with Crippen LogP contribution in [0, 0.1) is 6.92 Å². The Morgan fingerprint density at radius 2 is 1.83 bits per heavy atom. The summed E-state index contributed by atoms with van der Waals surface area (Å²) in [5, 5.41) is 0. The lowest BCUT2D eigenvalue weighted by atomic mass is 10.1. The number of primary amides is 2. The van der Waals surface area contributed by atoms with E-state index in [0.717, 1.165) is 11.1 Å². The second kappa shape index (κ2) is 5.97. The molecule has 1 rings (SSSR count). The highest BCUT2D eigenvalue weighted by Crippen LogP contribution is 2.19. The van der Waals surface area contributed by atoms with Crippen molar-refractivity contribution >= 4 is 17.6 Å². The normalized spacial score (nSPS) is 10.1. The first-order valence-corrected chi connectivity index (χ1v) is 5.41. The van der Waals surface area contributed by atoms with Gasteiger partial charge in [-0.2, -0.15) is 0 Å². The molecule has 18 heavy (non-hydrogen) atoms. The number of pyridine rings is 1. The maximum Gasteiger partial charge on any atom is 0.237 e. The van der Waals surface area contributed by atoms with Crippen molar-refractivity contribution in [2.45, 2.75) is 13.5 Å². The third kappa shape index (κ3) is 3.42. The van der Waals surface area contributed by atoms with E-state index in [9.17, 15) is 9.59 Å². The molecule has 0 spiro atoms. The van der Waals surface area contributed by atoms with Gasteiger partial charge in [0.2, 0.25) is 11.8 Å². The minimum Gasteiger partial charge on any atom is -0.368 e. The Labute approximate surface area is 105 Å². The third-order valence-corrected chi connectivity index (χ3v) is 2.46. The van der Waals surface area contributed by atoms with Crippen LogP contribution in [0.2, 0.25) is 0 Å². The topological polar surface area (TPSA) is 128 Å². The zero-order chi connectivity index (χ0) is 13.7. The molecule has 0 fully saturated rings. The molecule has 1 heterocycles. The van der Waals surface area contributed by atoms with Gasteiger partial charge in [0.25, 0.3) is 0 Å². The van der Waals surface area contributed by atoms with Gasteiger partial charge in [0.15, 0.2) is 0 Å². The summed E-state index contributed by atoms with van der Waals surface area (Å²) in [5.41, 5.74) is 17.6. The average molecular weight is 251 g/mol. The Kier molecular flexibility index (Phi) is 4.61. The number of nitrogens with two attached hydrogens (primary N) is 3. The SMILES string of the molecule is Cc1ccnc(N(CC(N)=O)CC(N)=O)c1CN. The molecule has 7 nitrogen and oxygen atoms in total. The van der Waals surface area contributed by atoms with E-state index in [0.29, 0.717) is 5.82 Å². The van der Waals surface area contributed by atoms with E-state index in [1.54, 1.807) is 12.3 Å². The number of nitrogens with zero attached hydrogens (tertiary/aromatic N) is 2. The second-order valence-corrected chi connectivity index (χ2v) is 3.92. The number of rotatable bonds is 6. The van der Waals surface area contributed by atoms with E-state index < -0.39 is 11.8 Å². The number of aryl methyl sites for hydroxylation is 1. The molecule has 0 bridgehead atoms. The molecule has 0 aliphatic rings. The smallest absolute Gasteiger partial charge is 0.237 e. The van der Waals surface area contributed by atoms with Crippen molar-refractivity contribution < 1.29 is 9.59 Å². The number of carbonyl (C=O) groups is 2. The van der Waals surface area contributed by atoms with Crippen molar-refractivity contribution in [2.75, 3.05) is 18.0 Å². The van der Waals surface area contributed by atoms with Crippen LogP contribution >= 0.6 is 0 Å². The molecule has 0 saturated heterocycles. The fourth-order valence-corrected chi connectivity index (χ4v) is 1.68. The molecule has 0 aliphatic heterocycles. The monoisotopic (exact) mass is 251 g/mol. The largest absolute Gasteiger partial charge is 0.368 e. The molecule has 7 heteroatoms. The first-order chi connectivity index (χ1) is 8.45. The van der Waals surface area contributed by atoms with Crippen LogP contribution in [-0.4, -0.2) is 29.9 Å². The van der Waals surface area contributed by atoms with E-state index in [1.165, 1.54) is 4.90 Å². The standard InChI is InChI=1S/C11H17N5O2/c1-7-2-3-15-11(8(7)4-12)16(5-9(13)17)6-10(14)18/h2-3H,4-6,12H2,1H3,(H2,13,17)(H2,14,18). The predicted octanol–water partition coefficient (Wildman–Crippen LogP) is -1.37. The summed E-state index contributed by atoms with van der Waals surface area (Å²) in [6.45, 7) is 1.86. The van der Waals surface area contributed by atoms with Gasteiger partial charge in [-0.1, -0.05) is 0 Å². The summed E-state index contributed by atoms with van der Waals surface area (Å²) < 4.78 is 0. The highest BCUT2D eigenvalue weighted by atomic mass is 16.2. The number of amides is 2. The first kappa shape index (κ1) is 13.9. The summed E-state index contributed by atoms with van der Waals surface area (Å²) in [6.07, 6.45) is 1.58. The van der Waals surface area contributed by atoms with Gasteiger partial charge >= 0.3 is 0 Å². The first-order valence-electron chi connectivity index (χ1n) is 5.41. The number of hydrogen-bond acceptors (Lipinski definition) is 5. The van der Waals surface area contributed by atoms with Crippen molar-refractivity contribution in [1.82, 2.24) is 4.98 Å². The van der Waals surface area contributed by atoms with Gasteiger partial charge in [0, 0.05) is 18.3 Å². The summed E-state index contributed by atoms with van der Waals surface area (Å²) in [7, 11) is 0. The van der Waals surface area contributed by atoms with Gasteiger partial charge in [-0.15, -0.1) is 0 Å². The van der Waals surface area contributed by atoms with E-state index >= 15 is 0 Å². The summed E-state index contributed by atoms with van der Waals surface area (Å²) in [4.78, 5) is 27.6. The maximum atomic E-state index is 11.0. The van der Waals surface area contributed by atoms with Gasteiger partial charge in [-0.3, -0.25) is 9.59 Å². The zero-order valence-electron chi connectivity index (χ0n) is 10.2. The molecular formula is C11H17N5O2. The van der Waals surface area contributed by atoms with Crippen LogP contribution in [0.15, 0.2) is 12.3 Å². The molecule has 98 valence electrons. The fourth-order valence-electron chi connectivity index (χ4n) is 1.68. The zero-order valence-corrected chi connectivity index (χ0v) is 10.2. The summed E-state index contributed by atoms with van der Waals surface area (Å²) in [6, 6.07) is 1.80. The average Bonchev–Trinajstić information content (AvgIpc) is 2.26. The van der Waals surface area contributed by atoms with E-state index in [-0.39, 0.29) is 19.6 Å². The van der Waals surface area contributed by atoms with Crippen LogP contribution in [-0.2, 0) is 16.1 Å². The van der Waals surface area contributed by atoms with Crippen molar-refractivity contribution in [3.63, 3.8) is 0 Å². The lowest BCUT2D eigenvalue weighted by molar-refractivity contribution is -0.117. The predicted molar refractivity (Wildman–Crippen MR) is 67.5 cm³/mol. The molecule has 0 atom stereocenters. The number of hydrogen-bond donors (Lipinski definition) is 3. The maximum absolute atomic E-state index is 11.0. The molecule has 6 N–H and O–H groups in total. The Hall–Kier alpha value is -2.15. The molecule has 0 radical (unpaired) electrons. The van der Waals surface area contributed by atoms with Crippen molar-refractivity contribution in [3.05, 3.63) is 23.4 Å². The van der Waals surface area contributed by atoms with Crippen LogP contribution in [0.4, 0.5) is 5.82 Å². The van der Waals surface area contributed by atoms with Gasteiger partial charge in [0.05, 0.1) is 13.1 Å². The minimum absolute atomic E-state index is 0.133. The molecule has 0 aliphatic carbocycles. The van der Waals surface area contributed by atoms with E-state index in [2.05, 4.69) is 4.98 Å². The summed E-state index contributed by atoms with van der Waals surface area (Å²) >= 11 is 0. The number of aromatic nitrogens is 1. The Balaban J connectivity index is 3.15. The van der Waals surface area contributed by atoms with Crippen molar-refractivity contribution in [2.24, 2.45) is 17.2 Å². The van der Waals surface area contributed by atoms with Crippen LogP contribution in [0.25, 0.3) is 0 Å². The minimum atomic E-state index is -0.567. The second-order valence-electron chi connectivity index (χ2n) is 3.92. The van der Waals surface area contributed by atoms with Gasteiger partial charge in [-0.05, 0) is 18.6 Å². The molecule has 1 aromatic rings. The highest BCUT2D eigenvalue weighted by Gasteiger charge is 2.17. The lowest BCUT2D eigenvalue weighted by Crippen LogP contribution is -2.40. The Bertz CT molecular complexity index is 445. The molecule has 0 aromatic carbocycles. The quantitative estimate of drug-likeness (QED) is 0.574. The Morgan fingerprint density at radius 1 is 1.28 bits per heavy atom. The highest BCUT2D eigenvalue weighted by molar-refractivity contribution is 5.84. The Morgan fingerprint density at radius 3 is 2.28 bits per heavy atom. The van der Waals surface area contributed by atoms with Crippen LogP contribution in [0.3, 0.4) is 0 Å². The van der Waals surface area contributed by atoms with Crippen LogP contribution in [0.5, 0.6) is 0 Å². The molecular weight excluding hydrogens is 234 g/mol. The molecule has 2 amide bonds. The molecule has 0 saturated carbocycles. The van der Waals surface area contributed by atoms with Gasteiger partial charge < -0.3 is 22.1 Å². The van der Waals surface area contributed by atoms with E-state index in [1.807, 2.05) is 6.92 Å². The third-order valence-electron chi connectivity index (χ3n) is 2.46. The lowest BCUT2D eigenvalue weighted by Gasteiger charge is -2.23. The van der Waals surface area contributed by atoms with Crippen LogP contribution < -0.4 is 22.1 Å².